The molecule has 2 heterocycles. The van der Waals surface area contributed by atoms with Gasteiger partial charge in [-0.2, -0.15) is 0 Å². The summed E-state index contributed by atoms with van der Waals surface area (Å²) in [5, 5.41) is 1.03. The quantitative estimate of drug-likeness (QED) is 0.586. The normalized spacial score (nSPS) is 15.2. The molecule has 3 rings (SSSR count). The van der Waals surface area contributed by atoms with Gasteiger partial charge in [-0.25, -0.2) is 4.79 Å². The SMILES string of the molecule is Cc1cc2c(c(=S)[nH]1)C(=O)OC2=Cc1ccc(Cl)cc1Cl. The molecule has 0 spiro atoms. The molecule has 0 aliphatic carbocycles. The largest absolute Gasteiger partial charge is 0.422 e. The maximum Gasteiger partial charge on any atom is 0.347 e. The zero-order valence-corrected chi connectivity index (χ0v) is 13.2. The summed E-state index contributed by atoms with van der Waals surface area (Å²) in [4.78, 5) is 14.9. The van der Waals surface area contributed by atoms with Gasteiger partial charge in [0, 0.05) is 21.3 Å². The number of nitrogens with one attached hydrogen (secondary N) is 1. The fraction of sp³-hybridized carbons (Fsp3) is 0.0667. The first-order valence-corrected chi connectivity index (χ1v) is 7.25. The van der Waals surface area contributed by atoms with E-state index in [-0.39, 0.29) is 0 Å². The number of esters is 1. The van der Waals surface area contributed by atoms with Gasteiger partial charge in [-0.15, -0.1) is 0 Å². The van der Waals surface area contributed by atoms with E-state index in [0.717, 1.165) is 5.69 Å². The number of hydrogen-bond donors (Lipinski definition) is 1. The van der Waals surface area contributed by atoms with Crippen LogP contribution in [0.4, 0.5) is 0 Å². The number of aryl methyl sites for hydroxylation is 1. The maximum absolute atomic E-state index is 11.9. The number of benzene rings is 1. The number of cyclic esters (lactones) is 1. The van der Waals surface area contributed by atoms with Crippen LogP contribution in [0.1, 0.15) is 27.2 Å². The van der Waals surface area contributed by atoms with E-state index in [1.807, 2.05) is 13.0 Å². The number of aromatic amines is 1. The molecule has 0 saturated heterocycles. The van der Waals surface area contributed by atoms with Gasteiger partial charge in [0.15, 0.2) is 0 Å². The number of carbonyl (C=O) groups excluding carboxylic acids is 1. The summed E-state index contributed by atoms with van der Waals surface area (Å²) >= 11 is 17.2. The third-order valence-electron chi connectivity index (χ3n) is 3.09. The van der Waals surface area contributed by atoms with Gasteiger partial charge in [-0.3, -0.25) is 0 Å². The third kappa shape index (κ3) is 2.62. The molecule has 1 aromatic carbocycles. The summed E-state index contributed by atoms with van der Waals surface area (Å²) in [6, 6.07) is 6.95. The zero-order valence-electron chi connectivity index (χ0n) is 10.9. The van der Waals surface area contributed by atoms with E-state index < -0.39 is 5.97 Å². The van der Waals surface area contributed by atoms with E-state index in [1.165, 1.54) is 0 Å². The fourth-order valence-corrected chi connectivity index (χ4v) is 2.98. The first kappa shape index (κ1) is 14.3. The smallest absolute Gasteiger partial charge is 0.347 e. The Kier molecular flexibility index (Phi) is 3.61. The van der Waals surface area contributed by atoms with Crippen LogP contribution < -0.4 is 0 Å². The second kappa shape index (κ2) is 5.30. The summed E-state index contributed by atoms with van der Waals surface area (Å²) < 4.78 is 5.68. The highest BCUT2D eigenvalue weighted by Crippen LogP contribution is 2.33. The van der Waals surface area contributed by atoms with Gasteiger partial charge in [0.25, 0.3) is 0 Å². The molecular weight excluding hydrogens is 329 g/mol. The molecule has 0 saturated carbocycles. The lowest BCUT2D eigenvalue weighted by molar-refractivity contribution is 0.0716. The molecule has 0 atom stereocenters. The average Bonchev–Trinajstić information content (AvgIpc) is 2.69. The summed E-state index contributed by atoms with van der Waals surface area (Å²) in [5.41, 5.74) is 2.62. The summed E-state index contributed by atoms with van der Waals surface area (Å²) in [5.74, 6) is -0.0231. The standard InChI is InChI=1S/C15H9Cl2NO2S/c1-7-4-10-12(20-15(19)13(10)14(21)18-7)5-8-2-3-9(16)6-11(8)17/h2-6H,1H3,(H,18,21). The Balaban J connectivity index is 2.17. The van der Waals surface area contributed by atoms with E-state index in [4.69, 9.17) is 40.2 Å². The molecule has 0 fully saturated rings. The molecule has 1 aliphatic rings. The number of hydrogen-bond acceptors (Lipinski definition) is 3. The summed E-state index contributed by atoms with van der Waals surface area (Å²) in [6.45, 7) is 1.87. The van der Waals surface area contributed by atoms with Gasteiger partial charge in [-0.05, 0) is 36.8 Å². The monoisotopic (exact) mass is 337 g/mol. The molecule has 0 radical (unpaired) electrons. The number of ether oxygens (including phenoxy) is 1. The second-order valence-electron chi connectivity index (χ2n) is 4.63. The highest BCUT2D eigenvalue weighted by molar-refractivity contribution is 7.71. The molecule has 1 N–H and O–H groups in total. The van der Waals surface area contributed by atoms with Crippen LogP contribution in [0.2, 0.25) is 10.0 Å². The van der Waals surface area contributed by atoms with Crippen LogP contribution in [0, 0.1) is 11.6 Å². The predicted molar refractivity (Wildman–Crippen MR) is 86.1 cm³/mol. The van der Waals surface area contributed by atoms with Crippen LogP contribution in [0.5, 0.6) is 0 Å². The van der Waals surface area contributed by atoms with Crippen molar-refractivity contribution in [3.05, 3.63) is 61.3 Å². The van der Waals surface area contributed by atoms with Crippen molar-refractivity contribution < 1.29 is 9.53 Å². The van der Waals surface area contributed by atoms with Crippen molar-refractivity contribution in [3.63, 3.8) is 0 Å². The Bertz CT molecular complexity index is 855. The van der Waals surface area contributed by atoms with E-state index in [2.05, 4.69) is 4.98 Å². The van der Waals surface area contributed by atoms with Crippen LogP contribution in [0.3, 0.4) is 0 Å². The molecule has 1 aromatic heterocycles. The van der Waals surface area contributed by atoms with Gasteiger partial charge >= 0.3 is 5.97 Å². The number of halogens is 2. The van der Waals surface area contributed by atoms with Gasteiger partial charge in [0.05, 0.1) is 0 Å². The van der Waals surface area contributed by atoms with Gasteiger partial charge in [0.2, 0.25) is 0 Å². The minimum Gasteiger partial charge on any atom is -0.422 e. The Morgan fingerprint density at radius 1 is 1.29 bits per heavy atom. The Morgan fingerprint density at radius 2 is 2.05 bits per heavy atom. The van der Waals surface area contributed by atoms with E-state index in [0.29, 0.717) is 37.1 Å². The minimum absolute atomic E-state index is 0.376. The molecule has 0 unspecified atom stereocenters. The first-order chi connectivity index (χ1) is 9.95. The Labute approximate surface area is 136 Å². The number of rotatable bonds is 1. The number of fused-ring (bicyclic) bond motifs is 1. The molecule has 1 aliphatic heterocycles. The Hall–Kier alpha value is -1.62. The summed E-state index contributed by atoms with van der Waals surface area (Å²) in [6.07, 6.45) is 1.70. The highest BCUT2D eigenvalue weighted by atomic mass is 35.5. The zero-order chi connectivity index (χ0) is 15.1. The molecule has 106 valence electrons. The maximum atomic E-state index is 11.9. The predicted octanol–water partition coefficient (Wildman–Crippen LogP) is 5.03. The number of H-pyrrole nitrogens is 1. The van der Waals surface area contributed by atoms with Crippen molar-refractivity contribution in [1.82, 2.24) is 4.98 Å². The Morgan fingerprint density at radius 3 is 2.76 bits per heavy atom. The first-order valence-electron chi connectivity index (χ1n) is 6.09. The number of carbonyl (C=O) groups is 1. The number of aromatic nitrogens is 1. The van der Waals surface area contributed by atoms with Gasteiger partial charge in [-0.1, -0.05) is 41.5 Å². The van der Waals surface area contributed by atoms with Crippen LogP contribution >= 0.6 is 35.4 Å². The lowest BCUT2D eigenvalue weighted by Crippen LogP contribution is -1.97. The van der Waals surface area contributed by atoms with Crippen molar-refractivity contribution in [2.24, 2.45) is 0 Å². The lowest BCUT2D eigenvalue weighted by Gasteiger charge is -2.03. The second-order valence-corrected chi connectivity index (χ2v) is 5.89. The van der Waals surface area contributed by atoms with Gasteiger partial charge in [0.1, 0.15) is 16.0 Å². The highest BCUT2D eigenvalue weighted by Gasteiger charge is 2.28. The number of pyridine rings is 1. The average molecular weight is 338 g/mol. The van der Waals surface area contributed by atoms with E-state index >= 15 is 0 Å². The minimum atomic E-state index is -0.456. The topological polar surface area (TPSA) is 42.1 Å². The van der Waals surface area contributed by atoms with Crippen LogP contribution in [0.15, 0.2) is 24.3 Å². The van der Waals surface area contributed by atoms with Crippen molar-refractivity contribution in [1.29, 1.82) is 0 Å². The molecular formula is C15H9Cl2NO2S. The van der Waals surface area contributed by atoms with Crippen molar-refractivity contribution >= 4 is 53.2 Å². The van der Waals surface area contributed by atoms with Crippen molar-refractivity contribution in [2.75, 3.05) is 0 Å². The molecule has 21 heavy (non-hydrogen) atoms. The third-order valence-corrected chi connectivity index (χ3v) is 3.96. The van der Waals surface area contributed by atoms with Crippen molar-refractivity contribution in [3.8, 4) is 0 Å². The molecule has 0 bridgehead atoms. The summed E-state index contributed by atoms with van der Waals surface area (Å²) in [7, 11) is 0. The van der Waals surface area contributed by atoms with E-state index in [1.54, 1.807) is 24.3 Å². The molecule has 2 aromatic rings. The lowest BCUT2D eigenvalue weighted by atomic mass is 10.1. The van der Waals surface area contributed by atoms with Crippen LogP contribution in [-0.4, -0.2) is 11.0 Å². The van der Waals surface area contributed by atoms with Crippen LogP contribution in [-0.2, 0) is 4.74 Å². The fourth-order valence-electron chi connectivity index (χ4n) is 2.16. The molecule has 0 amide bonds. The van der Waals surface area contributed by atoms with Gasteiger partial charge < -0.3 is 9.72 Å². The molecule has 3 nitrogen and oxygen atoms in total. The molecule has 6 heteroatoms. The van der Waals surface area contributed by atoms with Crippen molar-refractivity contribution in [2.45, 2.75) is 6.92 Å². The van der Waals surface area contributed by atoms with Crippen LogP contribution in [0.25, 0.3) is 11.8 Å². The van der Waals surface area contributed by atoms with E-state index in [9.17, 15) is 4.79 Å².